The Labute approximate surface area is 262 Å². The largest absolute Gasteiger partial charge is 0.488 e. The Kier molecular flexibility index (Phi) is 11.9. The van der Waals surface area contributed by atoms with Crippen LogP contribution in [0.3, 0.4) is 0 Å². The Morgan fingerprint density at radius 3 is 2.43 bits per heavy atom. The maximum Gasteiger partial charge on any atom is 0.227 e. The Hall–Kier alpha value is -3.72. The average Bonchev–Trinajstić information content (AvgIpc) is 3.04. The zero-order valence-corrected chi connectivity index (χ0v) is 26.8. The van der Waals surface area contributed by atoms with E-state index in [4.69, 9.17) is 4.74 Å². The number of aliphatic hydroxyl groups excluding tert-OH is 1. The fourth-order valence-electron chi connectivity index (χ4n) is 5.62. The van der Waals surface area contributed by atoms with Gasteiger partial charge >= 0.3 is 0 Å². The van der Waals surface area contributed by atoms with Crippen LogP contribution in [0.25, 0.3) is 11.1 Å². The minimum Gasteiger partial charge on any atom is -0.488 e. The monoisotopic (exact) mass is 600 g/mol. The Morgan fingerprint density at radius 2 is 1.75 bits per heavy atom. The van der Waals surface area contributed by atoms with Gasteiger partial charge in [-0.3, -0.25) is 14.5 Å². The summed E-state index contributed by atoms with van der Waals surface area (Å²) in [5.74, 6) is 0.547. The highest BCUT2D eigenvalue weighted by Crippen LogP contribution is 2.29. The molecule has 0 unspecified atom stereocenters. The molecule has 1 aliphatic rings. The second-order valence-corrected chi connectivity index (χ2v) is 12.4. The molecule has 3 aromatic carbocycles. The molecule has 0 saturated heterocycles. The highest BCUT2D eigenvalue weighted by molar-refractivity contribution is 5.91. The number of hydrogen-bond acceptors (Lipinski definition) is 6. The summed E-state index contributed by atoms with van der Waals surface area (Å²) < 4.78 is 6.67. The number of likely N-dealkylation sites (N-methyl/N-ethyl adjacent to an activating group) is 1. The molecule has 2 N–H and O–H groups in total. The molecule has 8 nitrogen and oxygen atoms in total. The minimum absolute atomic E-state index is 0.0119. The molecule has 3 atom stereocenters. The van der Waals surface area contributed by atoms with Crippen molar-refractivity contribution in [1.29, 1.82) is 0 Å². The molecule has 1 aliphatic heterocycles. The highest BCUT2D eigenvalue weighted by atomic mass is 16.5. The van der Waals surface area contributed by atoms with Crippen LogP contribution in [0.4, 0.5) is 5.69 Å². The maximum absolute atomic E-state index is 13.5. The number of anilines is 1. The molecule has 0 spiro atoms. The number of ether oxygens (including phenoxy) is 1. The van der Waals surface area contributed by atoms with Gasteiger partial charge in [0.05, 0.1) is 19.1 Å². The summed E-state index contributed by atoms with van der Waals surface area (Å²) in [7, 11) is 6.06. The standard InChI is InChI=1S/C36H48N4O4/c1-26-22-40(27(2)25-41)36(43)21-31-20-32(37-35(42)12-9-19-38(3)4)17-18-33(31)44-34(26)24-39(5)23-28-13-15-30(16-14-28)29-10-7-6-8-11-29/h6-8,10-11,13-18,20,26-27,34,41H,9,12,19,21-25H2,1-5H3,(H,37,42)/t26-,27+,34+/m0/s1. The van der Waals surface area contributed by atoms with Gasteiger partial charge in [-0.1, -0.05) is 61.5 Å². The first kappa shape index (κ1) is 33.2. The van der Waals surface area contributed by atoms with E-state index in [2.05, 4.69) is 65.5 Å². The predicted molar refractivity (Wildman–Crippen MR) is 177 cm³/mol. The van der Waals surface area contributed by atoms with E-state index in [1.54, 1.807) is 4.90 Å². The molecule has 8 heteroatoms. The van der Waals surface area contributed by atoms with Crippen molar-refractivity contribution in [2.45, 2.75) is 51.8 Å². The molecule has 0 bridgehead atoms. The number of nitrogens with zero attached hydrogens (tertiary/aromatic N) is 3. The molecule has 4 rings (SSSR count). The number of nitrogens with one attached hydrogen (secondary N) is 1. The summed E-state index contributed by atoms with van der Waals surface area (Å²) in [6, 6.07) is 24.3. The van der Waals surface area contributed by atoms with Gasteiger partial charge in [-0.2, -0.15) is 0 Å². The van der Waals surface area contributed by atoms with Crippen LogP contribution in [0.15, 0.2) is 72.8 Å². The Balaban J connectivity index is 1.50. The van der Waals surface area contributed by atoms with Crippen LogP contribution in [0.2, 0.25) is 0 Å². The quantitative estimate of drug-likeness (QED) is 0.307. The predicted octanol–water partition coefficient (Wildman–Crippen LogP) is 4.91. The van der Waals surface area contributed by atoms with Crippen LogP contribution in [0, 0.1) is 5.92 Å². The van der Waals surface area contributed by atoms with Crippen molar-refractivity contribution in [3.05, 3.63) is 83.9 Å². The fourth-order valence-corrected chi connectivity index (χ4v) is 5.62. The number of benzene rings is 3. The van der Waals surface area contributed by atoms with Crippen LogP contribution in [0.1, 0.15) is 37.8 Å². The second kappa shape index (κ2) is 15.8. The van der Waals surface area contributed by atoms with Gasteiger partial charge in [0.25, 0.3) is 0 Å². The molecule has 3 aromatic rings. The summed E-state index contributed by atoms with van der Waals surface area (Å²) in [5, 5.41) is 12.9. The van der Waals surface area contributed by atoms with E-state index in [9.17, 15) is 14.7 Å². The summed E-state index contributed by atoms with van der Waals surface area (Å²) >= 11 is 0. The smallest absolute Gasteiger partial charge is 0.227 e. The second-order valence-electron chi connectivity index (χ2n) is 12.4. The van der Waals surface area contributed by atoms with E-state index in [-0.39, 0.29) is 42.9 Å². The molecule has 0 aliphatic carbocycles. The molecule has 0 aromatic heterocycles. The molecule has 236 valence electrons. The summed E-state index contributed by atoms with van der Waals surface area (Å²) in [6.45, 7) is 6.59. The minimum atomic E-state index is -0.312. The van der Waals surface area contributed by atoms with Crippen molar-refractivity contribution >= 4 is 17.5 Å². The first-order chi connectivity index (χ1) is 21.1. The molecule has 0 radical (unpaired) electrons. The first-order valence-electron chi connectivity index (χ1n) is 15.6. The first-order valence-corrected chi connectivity index (χ1v) is 15.6. The topological polar surface area (TPSA) is 85.3 Å². The van der Waals surface area contributed by atoms with Gasteiger partial charge in [0.15, 0.2) is 0 Å². The van der Waals surface area contributed by atoms with Crippen molar-refractivity contribution in [3.63, 3.8) is 0 Å². The van der Waals surface area contributed by atoms with Crippen molar-refractivity contribution in [2.24, 2.45) is 5.92 Å². The van der Waals surface area contributed by atoms with Crippen LogP contribution in [-0.4, -0.2) is 91.2 Å². The van der Waals surface area contributed by atoms with E-state index in [0.717, 1.165) is 25.1 Å². The SMILES string of the molecule is C[C@H](CO)N1C[C@H](C)[C@@H](CN(C)Cc2ccc(-c3ccccc3)cc2)Oc2ccc(NC(=O)CCCN(C)C)cc2CC1=O. The van der Waals surface area contributed by atoms with E-state index >= 15 is 0 Å². The Bertz CT molecular complexity index is 1360. The number of carbonyl (C=O) groups excluding carboxylic acids is 2. The molecule has 0 fully saturated rings. The zero-order chi connectivity index (χ0) is 31.6. The van der Waals surface area contributed by atoms with Crippen molar-refractivity contribution in [2.75, 3.05) is 52.7 Å². The third-order valence-electron chi connectivity index (χ3n) is 8.21. The number of aliphatic hydroxyl groups is 1. The van der Waals surface area contributed by atoms with Crippen molar-refractivity contribution in [3.8, 4) is 16.9 Å². The van der Waals surface area contributed by atoms with Gasteiger partial charge < -0.3 is 25.0 Å². The lowest BCUT2D eigenvalue weighted by molar-refractivity contribution is -0.134. The summed E-state index contributed by atoms with van der Waals surface area (Å²) in [5.41, 5.74) is 4.97. The van der Waals surface area contributed by atoms with Crippen LogP contribution < -0.4 is 10.1 Å². The van der Waals surface area contributed by atoms with Crippen molar-refractivity contribution < 1.29 is 19.4 Å². The molecule has 0 saturated carbocycles. The molecule has 44 heavy (non-hydrogen) atoms. The number of amides is 2. The number of hydrogen-bond donors (Lipinski definition) is 2. The van der Waals surface area contributed by atoms with Crippen molar-refractivity contribution in [1.82, 2.24) is 14.7 Å². The van der Waals surface area contributed by atoms with Gasteiger partial charge in [0.2, 0.25) is 11.8 Å². The third-order valence-corrected chi connectivity index (χ3v) is 8.21. The van der Waals surface area contributed by atoms with Gasteiger partial charge in [-0.25, -0.2) is 0 Å². The normalized spacial score (nSPS) is 17.8. The lowest BCUT2D eigenvalue weighted by Gasteiger charge is -2.34. The lowest BCUT2D eigenvalue weighted by atomic mass is 10.0. The molecular formula is C36H48N4O4. The summed E-state index contributed by atoms with van der Waals surface area (Å²) in [6.07, 6.45) is 1.12. The zero-order valence-electron chi connectivity index (χ0n) is 26.8. The lowest BCUT2D eigenvalue weighted by Crippen LogP contribution is -2.47. The van der Waals surface area contributed by atoms with Crippen LogP contribution in [-0.2, 0) is 22.6 Å². The van der Waals surface area contributed by atoms with E-state index in [1.807, 2.05) is 57.4 Å². The molecular weight excluding hydrogens is 552 g/mol. The number of carbonyl (C=O) groups is 2. The Morgan fingerprint density at radius 1 is 1.05 bits per heavy atom. The molecule has 2 amide bonds. The van der Waals surface area contributed by atoms with Crippen LogP contribution >= 0.6 is 0 Å². The van der Waals surface area contributed by atoms with Gasteiger partial charge in [0, 0.05) is 43.2 Å². The van der Waals surface area contributed by atoms with Crippen LogP contribution in [0.5, 0.6) is 5.75 Å². The van der Waals surface area contributed by atoms with Gasteiger partial charge in [-0.05, 0) is 75.9 Å². The molecule has 1 heterocycles. The average molecular weight is 601 g/mol. The number of fused-ring (bicyclic) bond motifs is 1. The third kappa shape index (κ3) is 9.39. The van der Waals surface area contributed by atoms with Gasteiger partial charge in [-0.15, -0.1) is 0 Å². The maximum atomic E-state index is 13.5. The fraction of sp³-hybridized carbons (Fsp3) is 0.444. The van der Waals surface area contributed by atoms with E-state index in [1.165, 1.54) is 16.7 Å². The van der Waals surface area contributed by atoms with E-state index < -0.39 is 0 Å². The van der Waals surface area contributed by atoms with Gasteiger partial charge in [0.1, 0.15) is 11.9 Å². The number of rotatable bonds is 12. The summed E-state index contributed by atoms with van der Waals surface area (Å²) in [4.78, 5) is 32.2. The highest BCUT2D eigenvalue weighted by Gasteiger charge is 2.31. The van der Waals surface area contributed by atoms with E-state index in [0.29, 0.717) is 30.9 Å².